The molecule has 1 atom stereocenters. The fraction of sp³-hybridized carbons (Fsp3) is 0.350. The number of anilines is 1. The molecule has 156 valence electrons. The van der Waals surface area contributed by atoms with E-state index in [4.69, 9.17) is 17.0 Å². The predicted octanol–water partition coefficient (Wildman–Crippen LogP) is 3.67. The summed E-state index contributed by atoms with van der Waals surface area (Å²) in [5.41, 5.74) is 1.32. The van der Waals surface area contributed by atoms with Crippen LogP contribution in [0.3, 0.4) is 0 Å². The Labute approximate surface area is 176 Å². The highest BCUT2D eigenvalue weighted by molar-refractivity contribution is 7.89. The first-order chi connectivity index (χ1) is 13.8. The van der Waals surface area contributed by atoms with E-state index in [1.165, 1.54) is 35.7 Å². The van der Waals surface area contributed by atoms with Gasteiger partial charge in [-0.25, -0.2) is 12.8 Å². The highest BCUT2D eigenvalue weighted by atomic mass is 32.2. The minimum absolute atomic E-state index is 0.168. The molecule has 0 radical (unpaired) electrons. The van der Waals surface area contributed by atoms with Gasteiger partial charge in [-0.15, -0.1) is 0 Å². The van der Waals surface area contributed by atoms with Crippen LogP contribution in [0.2, 0.25) is 0 Å². The van der Waals surface area contributed by atoms with E-state index in [9.17, 15) is 12.8 Å². The molecule has 0 aliphatic carbocycles. The summed E-state index contributed by atoms with van der Waals surface area (Å²) in [4.78, 5) is 0.192. The summed E-state index contributed by atoms with van der Waals surface area (Å²) >= 11 is 5.38. The predicted molar refractivity (Wildman–Crippen MR) is 115 cm³/mol. The molecule has 0 unspecified atom stereocenters. The molecule has 1 fully saturated rings. The average molecular weight is 438 g/mol. The van der Waals surface area contributed by atoms with Gasteiger partial charge in [-0.05, 0) is 67.9 Å². The number of nitrogens with zero attached hydrogens (tertiary/aromatic N) is 1. The molecule has 1 heterocycles. The van der Waals surface area contributed by atoms with Crippen LogP contribution in [0.25, 0.3) is 0 Å². The van der Waals surface area contributed by atoms with Gasteiger partial charge >= 0.3 is 0 Å². The molecule has 0 aromatic heterocycles. The maximum atomic E-state index is 13.1. The fourth-order valence-corrected chi connectivity index (χ4v) is 5.04. The van der Waals surface area contributed by atoms with Crippen LogP contribution in [0.15, 0.2) is 47.4 Å². The summed E-state index contributed by atoms with van der Waals surface area (Å²) in [6, 6.07) is 10.6. The highest BCUT2D eigenvalue weighted by Crippen LogP contribution is 2.30. The van der Waals surface area contributed by atoms with Gasteiger partial charge in [0.25, 0.3) is 0 Å². The van der Waals surface area contributed by atoms with Crippen molar-refractivity contribution in [2.75, 3.05) is 25.5 Å². The quantitative estimate of drug-likeness (QED) is 0.672. The number of sulfonamides is 1. The summed E-state index contributed by atoms with van der Waals surface area (Å²) in [6.07, 6.45) is 1.74. The molecule has 29 heavy (non-hydrogen) atoms. The Balaban J connectivity index is 1.76. The number of thiocarbonyl (C=S) groups is 1. The summed E-state index contributed by atoms with van der Waals surface area (Å²) < 4.78 is 45.6. The van der Waals surface area contributed by atoms with E-state index < -0.39 is 10.0 Å². The van der Waals surface area contributed by atoms with Crippen LogP contribution in [0, 0.1) is 5.82 Å². The molecule has 6 nitrogen and oxygen atoms in total. The van der Waals surface area contributed by atoms with Gasteiger partial charge in [-0.3, -0.25) is 0 Å². The first kappa shape index (κ1) is 21.5. The van der Waals surface area contributed by atoms with E-state index in [-0.39, 0.29) is 16.8 Å². The van der Waals surface area contributed by atoms with Crippen LogP contribution in [-0.4, -0.2) is 38.0 Å². The molecule has 2 N–H and O–H groups in total. The maximum absolute atomic E-state index is 13.1. The topological polar surface area (TPSA) is 70.7 Å². The van der Waals surface area contributed by atoms with Gasteiger partial charge in [-0.2, -0.15) is 4.31 Å². The van der Waals surface area contributed by atoms with Crippen molar-refractivity contribution >= 4 is 33.0 Å². The summed E-state index contributed by atoms with van der Waals surface area (Å²) in [6.45, 7) is 2.96. The Morgan fingerprint density at radius 2 is 1.83 bits per heavy atom. The van der Waals surface area contributed by atoms with E-state index in [1.54, 1.807) is 18.2 Å². The van der Waals surface area contributed by atoms with E-state index in [2.05, 4.69) is 10.6 Å². The van der Waals surface area contributed by atoms with Gasteiger partial charge in [-0.1, -0.05) is 12.1 Å². The second kappa shape index (κ2) is 9.06. The molecule has 1 aliphatic heterocycles. The number of rotatable bonds is 6. The van der Waals surface area contributed by atoms with Crippen LogP contribution < -0.4 is 15.4 Å². The number of benzene rings is 2. The lowest BCUT2D eigenvalue weighted by Gasteiger charge is -2.20. The third-order valence-electron chi connectivity index (χ3n) is 4.84. The van der Waals surface area contributed by atoms with Crippen molar-refractivity contribution < 1.29 is 17.5 Å². The van der Waals surface area contributed by atoms with Crippen molar-refractivity contribution in [3.63, 3.8) is 0 Å². The third-order valence-corrected chi connectivity index (χ3v) is 6.95. The highest BCUT2D eigenvalue weighted by Gasteiger charge is 2.28. The number of hydrogen-bond acceptors (Lipinski definition) is 4. The Morgan fingerprint density at radius 1 is 1.17 bits per heavy atom. The van der Waals surface area contributed by atoms with E-state index >= 15 is 0 Å². The lowest BCUT2D eigenvalue weighted by atomic mass is 10.1. The molecular formula is C20H24FN3O3S2. The number of halogens is 1. The first-order valence-corrected chi connectivity index (χ1v) is 11.2. The largest absolute Gasteiger partial charge is 0.495 e. The van der Waals surface area contributed by atoms with Crippen molar-refractivity contribution in [2.24, 2.45) is 0 Å². The van der Waals surface area contributed by atoms with Gasteiger partial charge in [0.2, 0.25) is 10.0 Å². The van der Waals surface area contributed by atoms with Gasteiger partial charge in [0.05, 0.1) is 23.7 Å². The lowest BCUT2D eigenvalue weighted by Crippen LogP contribution is -2.31. The Bertz CT molecular complexity index is 975. The summed E-state index contributed by atoms with van der Waals surface area (Å²) in [5, 5.41) is 6.43. The fourth-order valence-electron chi connectivity index (χ4n) is 3.21. The standard InChI is InChI=1S/C20H24FN3O3S2/c1-14(15-5-7-16(21)8-6-15)22-20(28)23-18-13-17(9-10-19(18)27-2)29(25,26)24-11-3-4-12-24/h5-10,13-14H,3-4,11-12H2,1-2H3,(H2,22,23,28)/t14-/m0/s1. The number of methoxy groups -OCH3 is 1. The van der Waals surface area contributed by atoms with Crippen molar-refractivity contribution in [2.45, 2.75) is 30.7 Å². The number of nitrogens with one attached hydrogen (secondary N) is 2. The molecule has 0 amide bonds. The molecule has 2 aromatic carbocycles. The average Bonchev–Trinajstić information content (AvgIpc) is 3.24. The van der Waals surface area contributed by atoms with Crippen molar-refractivity contribution in [1.82, 2.24) is 9.62 Å². The monoisotopic (exact) mass is 437 g/mol. The van der Waals surface area contributed by atoms with Gasteiger partial charge in [0.1, 0.15) is 11.6 Å². The van der Waals surface area contributed by atoms with Gasteiger partial charge in [0.15, 0.2) is 5.11 Å². The smallest absolute Gasteiger partial charge is 0.243 e. The van der Waals surface area contributed by atoms with Crippen molar-refractivity contribution in [3.05, 3.63) is 53.8 Å². The number of ether oxygens (including phenoxy) is 1. The molecular weight excluding hydrogens is 413 g/mol. The zero-order valence-corrected chi connectivity index (χ0v) is 17.9. The van der Waals surface area contributed by atoms with Crippen LogP contribution in [0.4, 0.5) is 10.1 Å². The molecule has 3 rings (SSSR count). The zero-order chi connectivity index (χ0) is 21.0. The Morgan fingerprint density at radius 3 is 2.45 bits per heavy atom. The maximum Gasteiger partial charge on any atom is 0.243 e. The van der Waals surface area contributed by atoms with Crippen LogP contribution in [0.1, 0.15) is 31.4 Å². The molecule has 0 spiro atoms. The minimum Gasteiger partial charge on any atom is -0.495 e. The SMILES string of the molecule is COc1ccc(S(=O)(=O)N2CCCC2)cc1NC(=S)N[C@@H](C)c1ccc(F)cc1. The van der Waals surface area contributed by atoms with E-state index in [1.807, 2.05) is 6.92 Å². The second-order valence-corrected chi connectivity index (χ2v) is 9.19. The Kier molecular flexibility index (Phi) is 6.71. The molecule has 2 aromatic rings. The van der Waals surface area contributed by atoms with Gasteiger partial charge < -0.3 is 15.4 Å². The van der Waals surface area contributed by atoms with Crippen molar-refractivity contribution in [1.29, 1.82) is 0 Å². The Hall–Kier alpha value is -2.23. The number of hydrogen-bond donors (Lipinski definition) is 2. The van der Waals surface area contributed by atoms with E-state index in [0.717, 1.165) is 18.4 Å². The molecule has 0 saturated carbocycles. The minimum atomic E-state index is -3.55. The van der Waals surface area contributed by atoms with Crippen LogP contribution >= 0.6 is 12.2 Å². The van der Waals surface area contributed by atoms with E-state index in [0.29, 0.717) is 29.6 Å². The third kappa shape index (κ3) is 5.04. The second-order valence-electron chi connectivity index (χ2n) is 6.84. The zero-order valence-electron chi connectivity index (χ0n) is 16.3. The molecule has 9 heteroatoms. The van der Waals surface area contributed by atoms with Crippen molar-refractivity contribution in [3.8, 4) is 5.75 Å². The summed E-state index contributed by atoms with van der Waals surface area (Å²) in [7, 11) is -2.05. The molecule has 1 saturated heterocycles. The summed E-state index contributed by atoms with van der Waals surface area (Å²) in [5.74, 6) is 0.173. The molecule has 1 aliphatic rings. The van der Waals surface area contributed by atoms with Gasteiger partial charge in [0, 0.05) is 13.1 Å². The molecule has 0 bridgehead atoms. The van der Waals surface area contributed by atoms with Crippen LogP contribution in [0.5, 0.6) is 5.75 Å². The van der Waals surface area contributed by atoms with Crippen LogP contribution in [-0.2, 0) is 10.0 Å². The lowest BCUT2D eigenvalue weighted by molar-refractivity contribution is 0.416. The normalized spacial score (nSPS) is 15.7. The first-order valence-electron chi connectivity index (χ1n) is 9.32.